The number of anilines is 1. The van der Waals surface area contributed by atoms with Crippen LogP contribution in [0, 0.1) is 5.92 Å². The maximum Gasteiger partial charge on any atom is 0.318 e. The van der Waals surface area contributed by atoms with Gasteiger partial charge in [-0.3, -0.25) is 0 Å². The molecule has 1 N–H and O–H groups in total. The third kappa shape index (κ3) is 2.93. The zero-order valence-electron chi connectivity index (χ0n) is 12.0. The molecule has 2 aliphatic rings. The van der Waals surface area contributed by atoms with Crippen LogP contribution in [0.1, 0.15) is 19.3 Å². The van der Waals surface area contributed by atoms with Gasteiger partial charge < -0.3 is 19.5 Å². The topological polar surface area (TPSA) is 67.7 Å². The molecule has 0 amide bonds. The van der Waals surface area contributed by atoms with Gasteiger partial charge in [0.25, 0.3) is 0 Å². The summed E-state index contributed by atoms with van der Waals surface area (Å²) >= 11 is 6.26. The maximum atomic E-state index is 10.3. The molecule has 0 unspecified atom stereocenters. The maximum absolute atomic E-state index is 10.3. The monoisotopic (exact) mass is 313 g/mol. The van der Waals surface area contributed by atoms with E-state index in [4.69, 9.17) is 21.1 Å². The number of halogens is 1. The summed E-state index contributed by atoms with van der Waals surface area (Å²) < 4.78 is 10.6. The molecular formula is C14H20ClN3O3. The fraction of sp³-hybridized carbons (Fsp3) is 0.714. The average molecular weight is 314 g/mol. The van der Waals surface area contributed by atoms with Gasteiger partial charge in [-0.1, -0.05) is 11.6 Å². The number of aliphatic hydroxyl groups is 1. The molecule has 0 radical (unpaired) electrons. The second-order valence-corrected chi connectivity index (χ2v) is 5.93. The number of hydrogen-bond donors (Lipinski definition) is 1. The van der Waals surface area contributed by atoms with Crippen LogP contribution in [0.25, 0.3) is 0 Å². The smallest absolute Gasteiger partial charge is 0.318 e. The van der Waals surface area contributed by atoms with E-state index in [1.165, 1.54) is 7.11 Å². The first-order valence-electron chi connectivity index (χ1n) is 7.29. The molecule has 2 aliphatic heterocycles. The summed E-state index contributed by atoms with van der Waals surface area (Å²) in [6, 6.07) is 0.498. The highest BCUT2D eigenvalue weighted by atomic mass is 35.5. The van der Waals surface area contributed by atoms with Crippen LogP contribution in [0.15, 0.2) is 6.20 Å². The predicted molar refractivity (Wildman–Crippen MR) is 78.9 cm³/mol. The molecule has 1 aromatic heterocycles. The molecule has 2 fully saturated rings. The Morgan fingerprint density at radius 1 is 1.48 bits per heavy atom. The minimum atomic E-state index is -0.327. The van der Waals surface area contributed by atoms with Gasteiger partial charge in [0, 0.05) is 25.1 Å². The lowest BCUT2D eigenvalue weighted by molar-refractivity contribution is -0.0438. The van der Waals surface area contributed by atoms with Crippen molar-refractivity contribution in [1.82, 2.24) is 9.97 Å². The molecule has 1 aromatic rings. The van der Waals surface area contributed by atoms with Crippen LogP contribution in [0.4, 0.5) is 5.82 Å². The van der Waals surface area contributed by atoms with Crippen molar-refractivity contribution in [1.29, 1.82) is 0 Å². The second kappa shape index (κ2) is 6.34. The van der Waals surface area contributed by atoms with E-state index in [-0.39, 0.29) is 18.1 Å². The summed E-state index contributed by atoms with van der Waals surface area (Å²) in [5.74, 6) is 0.780. The molecule has 3 atom stereocenters. The lowest BCUT2D eigenvalue weighted by Gasteiger charge is -2.37. The third-order valence-electron chi connectivity index (χ3n) is 4.31. The van der Waals surface area contributed by atoms with Crippen molar-refractivity contribution >= 4 is 17.4 Å². The molecule has 3 heterocycles. The van der Waals surface area contributed by atoms with E-state index >= 15 is 0 Å². The highest BCUT2D eigenvalue weighted by Crippen LogP contribution is 2.36. The molecule has 0 saturated carbocycles. The molecule has 3 rings (SSSR count). The number of rotatable bonds is 3. The minimum absolute atomic E-state index is 0.0956. The van der Waals surface area contributed by atoms with Gasteiger partial charge in [-0.2, -0.15) is 4.98 Å². The summed E-state index contributed by atoms with van der Waals surface area (Å²) in [6.45, 7) is 2.09. The Labute approximate surface area is 129 Å². The number of nitrogens with zero attached hydrogens (tertiary/aromatic N) is 3. The SMILES string of the molecule is COc1ncc(Cl)c(N2CCC[C@@H]2[C@H]2COCC[C@H]2O)n1. The Morgan fingerprint density at radius 2 is 2.33 bits per heavy atom. The van der Waals surface area contributed by atoms with Crippen molar-refractivity contribution in [2.24, 2.45) is 5.92 Å². The zero-order chi connectivity index (χ0) is 14.8. The number of aromatic nitrogens is 2. The molecule has 116 valence electrons. The average Bonchev–Trinajstić information content (AvgIpc) is 2.97. The highest BCUT2D eigenvalue weighted by molar-refractivity contribution is 6.32. The first kappa shape index (κ1) is 14.8. The third-order valence-corrected chi connectivity index (χ3v) is 4.58. The Kier molecular flexibility index (Phi) is 4.47. The van der Waals surface area contributed by atoms with Crippen LogP contribution in [0.2, 0.25) is 5.02 Å². The summed E-state index contributed by atoms with van der Waals surface area (Å²) in [7, 11) is 1.53. The van der Waals surface area contributed by atoms with Gasteiger partial charge in [0.15, 0.2) is 5.82 Å². The van der Waals surface area contributed by atoms with Gasteiger partial charge in [0.05, 0.1) is 26.0 Å². The van der Waals surface area contributed by atoms with Crippen molar-refractivity contribution < 1.29 is 14.6 Å². The first-order valence-corrected chi connectivity index (χ1v) is 7.67. The molecule has 0 bridgehead atoms. The van der Waals surface area contributed by atoms with Gasteiger partial charge in [-0.05, 0) is 19.3 Å². The second-order valence-electron chi connectivity index (χ2n) is 5.53. The summed E-state index contributed by atoms with van der Waals surface area (Å²) in [4.78, 5) is 10.6. The van der Waals surface area contributed by atoms with Crippen molar-refractivity contribution in [3.63, 3.8) is 0 Å². The van der Waals surface area contributed by atoms with Gasteiger partial charge in [-0.15, -0.1) is 0 Å². The van der Waals surface area contributed by atoms with Crippen molar-refractivity contribution in [2.45, 2.75) is 31.4 Å². The summed E-state index contributed by atoms with van der Waals surface area (Å²) in [5, 5.41) is 10.8. The number of hydrogen-bond acceptors (Lipinski definition) is 6. The van der Waals surface area contributed by atoms with E-state index in [1.807, 2.05) is 0 Å². The molecule has 0 aromatic carbocycles. The fourth-order valence-electron chi connectivity index (χ4n) is 3.26. The van der Waals surface area contributed by atoms with Gasteiger partial charge >= 0.3 is 6.01 Å². The summed E-state index contributed by atoms with van der Waals surface area (Å²) in [5.41, 5.74) is 0. The largest absolute Gasteiger partial charge is 0.467 e. The van der Waals surface area contributed by atoms with E-state index in [0.717, 1.165) is 19.4 Å². The molecule has 21 heavy (non-hydrogen) atoms. The lowest BCUT2D eigenvalue weighted by Crippen LogP contribution is -2.46. The zero-order valence-corrected chi connectivity index (χ0v) is 12.8. The van der Waals surface area contributed by atoms with E-state index in [9.17, 15) is 5.11 Å². The Balaban J connectivity index is 1.86. The Hall–Kier alpha value is -1.11. The van der Waals surface area contributed by atoms with Gasteiger partial charge in [0.1, 0.15) is 5.02 Å². The van der Waals surface area contributed by atoms with E-state index < -0.39 is 0 Å². The minimum Gasteiger partial charge on any atom is -0.467 e. The number of methoxy groups -OCH3 is 1. The number of aliphatic hydroxyl groups excluding tert-OH is 1. The van der Waals surface area contributed by atoms with Gasteiger partial charge in [0.2, 0.25) is 0 Å². The van der Waals surface area contributed by atoms with Crippen LogP contribution in [0.3, 0.4) is 0 Å². The molecule has 0 spiro atoms. The van der Waals surface area contributed by atoms with Gasteiger partial charge in [-0.25, -0.2) is 4.98 Å². The molecule has 0 aliphatic carbocycles. The van der Waals surface area contributed by atoms with E-state index in [1.54, 1.807) is 6.20 Å². The molecule has 6 nitrogen and oxygen atoms in total. The van der Waals surface area contributed by atoms with Crippen molar-refractivity contribution in [3.05, 3.63) is 11.2 Å². The van der Waals surface area contributed by atoms with Crippen LogP contribution in [-0.2, 0) is 4.74 Å². The standard InChI is InChI=1S/C14H20ClN3O3/c1-20-14-16-7-10(15)13(17-14)18-5-2-3-11(18)9-8-21-6-4-12(9)19/h7,9,11-12,19H,2-6,8H2,1H3/t9-,11-,12-/m1/s1. The lowest BCUT2D eigenvalue weighted by atomic mass is 9.89. The van der Waals surface area contributed by atoms with E-state index in [0.29, 0.717) is 36.5 Å². The Bertz CT molecular complexity index is 502. The van der Waals surface area contributed by atoms with Crippen molar-refractivity contribution in [3.8, 4) is 6.01 Å². The number of ether oxygens (including phenoxy) is 2. The van der Waals surface area contributed by atoms with Crippen LogP contribution in [-0.4, -0.2) is 54.1 Å². The van der Waals surface area contributed by atoms with Crippen molar-refractivity contribution in [2.75, 3.05) is 31.8 Å². The first-order chi connectivity index (χ1) is 10.2. The van der Waals surface area contributed by atoms with Crippen LogP contribution >= 0.6 is 11.6 Å². The quantitative estimate of drug-likeness (QED) is 0.912. The highest BCUT2D eigenvalue weighted by Gasteiger charge is 2.38. The summed E-state index contributed by atoms with van der Waals surface area (Å²) in [6.07, 6.45) is 3.98. The van der Waals surface area contributed by atoms with Crippen LogP contribution in [0.5, 0.6) is 6.01 Å². The Morgan fingerprint density at radius 3 is 3.10 bits per heavy atom. The predicted octanol–water partition coefficient (Wildman–Crippen LogP) is 1.50. The molecule has 2 saturated heterocycles. The fourth-order valence-corrected chi connectivity index (χ4v) is 3.46. The normalized spacial score (nSPS) is 29.7. The van der Waals surface area contributed by atoms with Crippen LogP contribution < -0.4 is 9.64 Å². The molecular weight excluding hydrogens is 294 g/mol. The molecule has 7 heteroatoms. The van der Waals surface area contributed by atoms with E-state index in [2.05, 4.69) is 14.9 Å².